The molecule has 2 rings (SSSR count). The van der Waals surface area contributed by atoms with Crippen LogP contribution >= 0.6 is 27.3 Å². The van der Waals surface area contributed by atoms with E-state index in [-0.39, 0.29) is 6.10 Å². The molecule has 0 aliphatic heterocycles. The Hall–Kier alpha value is 0.140. The van der Waals surface area contributed by atoms with E-state index >= 15 is 0 Å². The number of aliphatic hydroxyl groups excluding tert-OH is 1. The van der Waals surface area contributed by atoms with E-state index in [1.165, 1.54) is 32.1 Å². The zero-order valence-electron chi connectivity index (χ0n) is 8.79. The average molecular weight is 289 g/mol. The highest BCUT2D eigenvalue weighted by Gasteiger charge is 2.18. The van der Waals surface area contributed by atoms with Crippen LogP contribution in [0, 0.1) is 5.92 Å². The van der Waals surface area contributed by atoms with Crippen LogP contribution in [0.4, 0.5) is 0 Å². The molecule has 1 nitrogen and oxygen atoms in total. The van der Waals surface area contributed by atoms with Crippen molar-refractivity contribution in [3.05, 3.63) is 20.8 Å². The van der Waals surface area contributed by atoms with E-state index in [1.54, 1.807) is 11.3 Å². The minimum absolute atomic E-state index is 0.272. The minimum Gasteiger partial charge on any atom is -0.388 e. The van der Waals surface area contributed by atoms with Crippen molar-refractivity contribution in [2.75, 3.05) is 0 Å². The summed E-state index contributed by atoms with van der Waals surface area (Å²) in [7, 11) is 0. The maximum atomic E-state index is 10.0. The summed E-state index contributed by atoms with van der Waals surface area (Å²) in [5.74, 6) is 0.872. The predicted molar refractivity (Wildman–Crippen MR) is 68.2 cm³/mol. The van der Waals surface area contributed by atoms with Crippen molar-refractivity contribution < 1.29 is 5.11 Å². The van der Waals surface area contributed by atoms with Gasteiger partial charge in [0.1, 0.15) is 0 Å². The van der Waals surface area contributed by atoms with Gasteiger partial charge in [0.2, 0.25) is 0 Å². The molecule has 1 unspecified atom stereocenters. The van der Waals surface area contributed by atoms with Crippen LogP contribution in [-0.2, 0) is 0 Å². The molecular weight excluding hydrogens is 272 g/mol. The molecule has 1 aromatic heterocycles. The van der Waals surface area contributed by atoms with Crippen molar-refractivity contribution in [3.8, 4) is 0 Å². The molecule has 3 heteroatoms. The molecule has 1 fully saturated rings. The van der Waals surface area contributed by atoms with Gasteiger partial charge in [0, 0.05) is 15.4 Å². The zero-order chi connectivity index (χ0) is 10.7. The van der Waals surface area contributed by atoms with Crippen molar-refractivity contribution in [1.29, 1.82) is 0 Å². The molecule has 1 N–H and O–H groups in total. The van der Waals surface area contributed by atoms with Crippen LogP contribution in [-0.4, -0.2) is 5.11 Å². The normalized spacial score (nSPS) is 19.6. The monoisotopic (exact) mass is 288 g/mol. The van der Waals surface area contributed by atoms with Crippen LogP contribution in [0.2, 0.25) is 0 Å². The molecule has 84 valence electrons. The van der Waals surface area contributed by atoms with Gasteiger partial charge < -0.3 is 5.11 Å². The molecule has 0 spiro atoms. The van der Waals surface area contributed by atoms with Crippen LogP contribution in [0.3, 0.4) is 0 Å². The Morgan fingerprint density at radius 2 is 2.13 bits per heavy atom. The minimum atomic E-state index is -0.272. The van der Waals surface area contributed by atoms with Crippen molar-refractivity contribution in [2.24, 2.45) is 5.92 Å². The van der Waals surface area contributed by atoms with Crippen molar-refractivity contribution >= 4 is 27.3 Å². The molecule has 0 radical (unpaired) electrons. The number of halogens is 1. The summed E-state index contributed by atoms with van der Waals surface area (Å²) in [6.45, 7) is 0. The molecule has 0 amide bonds. The van der Waals surface area contributed by atoms with E-state index in [4.69, 9.17) is 0 Å². The lowest BCUT2D eigenvalue weighted by Crippen LogP contribution is -2.01. The van der Waals surface area contributed by atoms with Gasteiger partial charge in [-0.05, 0) is 40.1 Å². The van der Waals surface area contributed by atoms with Crippen molar-refractivity contribution in [3.63, 3.8) is 0 Å². The van der Waals surface area contributed by atoms with Gasteiger partial charge in [-0.15, -0.1) is 0 Å². The maximum absolute atomic E-state index is 10.0. The zero-order valence-corrected chi connectivity index (χ0v) is 11.2. The SMILES string of the molecule is OC(CCC1CCCC1)c1cscc1Br. The topological polar surface area (TPSA) is 20.2 Å². The molecule has 0 bridgehead atoms. The van der Waals surface area contributed by atoms with Crippen molar-refractivity contribution in [1.82, 2.24) is 0 Å². The number of thiophene rings is 1. The fourth-order valence-corrected chi connectivity index (χ4v) is 3.99. The van der Waals surface area contributed by atoms with Crippen LogP contribution in [0.25, 0.3) is 0 Å². The lowest BCUT2D eigenvalue weighted by atomic mass is 9.98. The first kappa shape index (κ1) is 11.6. The largest absolute Gasteiger partial charge is 0.388 e. The second-order valence-electron chi connectivity index (χ2n) is 4.42. The van der Waals surface area contributed by atoms with Crippen LogP contribution in [0.1, 0.15) is 50.2 Å². The molecule has 1 aliphatic rings. The van der Waals surface area contributed by atoms with Gasteiger partial charge in [0.05, 0.1) is 6.10 Å². The highest BCUT2D eigenvalue weighted by atomic mass is 79.9. The van der Waals surface area contributed by atoms with Crippen LogP contribution in [0.5, 0.6) is 0 Å². The first-order valence-electron chi connectivity index (χ1n) is 5.67. The highest BCUT2D eigenvalue weighted by Crippen LogP contribution is 2.34. The van der Waals surface area contributed by atoms with Gasteiger partial charge in [-0.25, -0.2) is 0 Å². The summed E-state index contributed by atoms with van der Waals surface area (Å²) >= 11 is 5.12. The molecule has 1 aromatic rings. The van der Waals surface area contributed by atoms with E-state index in [0.29, 0.717) is 0 Å². The molecule has 1 saturated carbocycles. The Morgan fingerprint density at radius 3 is 2.73 bits per heavy atom. The van der Waals surface area contributed by atoms with E-state index in [1.807, 2.05) is 10.8 Å². The smallest absolute Gasteiger partial charge is 0.0809 e. The first-order valence-corrected chi connectivity index (χ1v) is 7.40. The van der Waals surface area contributed by atoms with Crippen LogP contribution in [0.15, 0.2) is 15.2 Å². The van der Waals surface area contributed by atoms with Gasteiger partial charge in [-0.3, -0.25) is 0 Å². The molecule has 0 saturated heterocycles. The number of rotatable bonds is 4. The van der Waals surface area contributed by atoms with Gasteiger partial charge in [-0.2, -0.15) is 11.3 Å². The number of hydrogen-bond donors (Lipinski definition) is 1. The number of aliphatic hydroxyl groups is 1. The van der Waals surface area contributed by atoms with E-state index < -0.39 is 0 Å². The lowest BCUT2D eigenvalue weighted by Gasteiger charge is -2.13. The Bertz CT molecular complexity index is 304. The summed E-state index contributed by atoms with van der Waals surface area (Å²) in [6.07, 6.45) is 7.36. The third kappa shape index (κ3) is 3.05. The molecule has 15 heavy (non-hydrogen) atoms. The van der Waals surface area contributed by atoms with Gasteiger partial charge in [0.25, 0.3) is 0 Å². The molecule has 1 atom stereocenters. The van der Waals surface area contributed by atoms with E-state index in [9.17, 15) is 5.11 Å². The standard InChI is InChI=1S/C12H17BrOS/c13-11-8-15-7-10(11)12(14)6-5-9-3-1-2-4-9/h7-9,12,14H,1-6H2. The molecule has 1 heterocycles. The summed E-state index contributed by atoms with van der Waals surface area (Å²) in [6, 6.07) is 0. The van der Waals surface area contributed by atoms with Gasteiger partial charge >= 0.3 is 0 Å². The fourth-order valence-electron chi connectivity index (χ4n) is 2.38. The molecule has 1 aliphatic carbocycles. The molecular formula is C12H17BrOS. The predicted octanol–water partition coefficient (Wildman–Crippen LogP) is 4.51. The Labute approximate surface area is 104 Å². The van der Waals surface area contributed by atoms with E-state index in [0.717, 1.165) is 22.4 Å². The first-order chi connectivity index (χ1) is 7.27. The van der Waals surface area contributed by atoms with Crippen LogP contribution < -0.4 is 0 Å². The second-order valence-corrected chi connectivity index (χ2v) is 6.02. The summed E-state index contributed by atoms with van der Waals surface area (Å²) < 4.78 is 1.06. The lowest BCUT2D eigenvalue weighted by molar-refractivity contribution is 0.157. The Kier molecular flexibility index (Phi) is 4.23. The van der Waals surface area contributed by atoms with Gasteiger partial charge in [-0.1, -0.05) is 25.7 Å². The summed E-state index contributed by atoms with van der Waals surface area (Å²) in [4.78, 5) is 0. The summed E-state index contributed by atoms with van der Waals surface area (Å²) in [5, 5.41) is 14.1. The average Bonchev–Trinajstić information content (AvgIpc) is 2.84. The fraction of sp³-hybridized carbons (Fsp3) is 0.667. The second kappa shape index (κ2) is 5.46. The Morgan fingerprint density at radius 1 is 1.40 bits per heavy atom. The third-order valence-electron chi connectivity index (χ3n) is 3.32. The molecule has 0 aromatic carbocycles. The maximum Gasteiger partial charge on any atom is 0.0809 e. The van der Waals surface area contributed by atoms with E-state index in [2.05, 4.69) is 15.9 Å². The highest BCUT2D eigenvalue weighted by molar-refractivity contribution is 9.10. The third-order valence-corrected chi connectivity index (χ3v) is 5.08. The quantitative estimate of drug-likeness (QED) is 0.864. The van der Waals surface area contributed by atoms with Gasteiger partial charge in [0.15, 0.2) is 0 Å². The summed E-state index contributed by atoms with van der Waals surface area (Å²) in [5.41, 5.74) is 1.07. The Balaban J connectivity index is 1.81. The van der Waals surface area contributed by atoms with Crippen molar-refractivity contribution in [2.45, 2.75) is 44.6 Å². The number of hydrogen-bond acceptors (Lipinski definition) is 2.